The van der Waals surface area contributed by atoms with Crippen LogP contribution in [0.15, 0.2) is 78.9 Å². The molecule has 0 aromatic heterocycles. The molecule has 4 nitrogen and oxygen atoms in total. The maximum atomic E-state index is 10.8. The van der Waals surface area contributed by atoms with Gasteiger partial charge in [0.25, 0.3) is 0 Å². The van der Waals surface area contributed by atoms with E-state index in [-0.39, 0.29) is 11.3 Å². The Hall–Kier alpha value is -2.82. The molecule has 0 saturated carbocycles. The van der Waals surface area contributed by atoms with E-state index < -0.39 is 6.10 Å². The second-order valence-electron chi connectivity index (χ2n) is 9.07. The molecular formula is C28H33NO3. The summed E-state index contributed by atoms with van der Waals surface area (Å²) in [5, 5.41) is 10.8. The van der Waals surface area contributed by atoms with E-state index in [2.05, 4.69) is 60.4 Å². The summed E-state index contributed by atoms with van der Waals surface area (Å²) in [6.07, 6.45) is -0.427. The normalized spacial score (nSPS) is 21.9. The van der Waals surface area contributed by atoms with Crippen LogP contribution in [0.3, 0.4) is 0 Å². The summed E-state index contributed by atoms with van der Waals surface area (Å²) in [4.78, 5) is 2.45. The van der Waals surface area contributed by atoms with Crippen molar-refractivity contribution in [2.45, 2.75) is 39.0 Å². The average Bonchev–Trinajstić information content (AvgIpc) is 3.16. The van der Waals surface area contributed by atoms with E-state index >= 15 is 0 Å². The number of methoxy groups -OCH3 is 1. The molecule has 168 valence electrons. The number of likely N-dealkylation sites (tertiary alicyclic amines) is 1. The first kappa shape index (κ1) is 22.4. The van der Waals surface area contributed by atoms with Crippen molar-refractivity contribution in [2.75, 3.05) is 20.2 Å². The van der Waals surface area contributed by atoms with Crippen LogP contribution in [0.2, 0.25) is 0 Å². The van der Waals surface area contributed by atoms with Crippen molar-refractivity contribution >= 4 is 0 Å². The monoisotopic (exact) mass is 431 g/mol. The molecule has 0 radical (unpaired) electrons. The molecule has 1 saturated heterocycles. The number of rotatable bonds is 8. The first-order valence-corrected chi connectivity index (χ1v) is 11.3. The molecule has 1 fully saturated rings. The zero-order chi connectivity index (χ0) is 22.6. The molecule has 3 atom stereocenters. The standard InChI is InChI=1S/C28H33NO3/c1-21(30)28(2)20-29(17-22-10-6-4-7-11-22)18-25(28)24-14-15-26(31-3)27(16-24)32-19-23-12-8-5-9-13-23/h4-16,21,25,30H,17-20H2,1-3H3/t21-,25+,28-/m1/s1. The van der Waals surface area contributed by atoms with Crippen molar-refractivity contribution in [1.82, 2.24) is 4.90 Å². The first-order valence-electron chi connectivity index (χ1n) is 11.3. The molecule has 0 unspecified atom stereocenters. The molecule has 1 heterocycles. The van der Waals surface area contributed by atoms with Gasteiger partial charge in [-0.3, -0.25) is 4.90 Å². The molecule has 0 bridgehead atoms. The Morgan fingerprint density at radius 1 is 0.969 bits per heavy atom. The van der Waals surface area contributed by atoms with Crippen LogP contribution < -0.4 is 9.47 Å². The van der Waals surface area contributed by atoms with Crippen LogP contribution in [0.25, 0.3) is 0 Å². The Bertz CT molecular complexity index is 1010. The van der Waals surface area contributed by atoms with E-state index in [1.165, 1.54) is 11.1 Å². The second-order valence-corrected chi connectivity index (χ2v) is 9.07. The van der Waals surface area contributed by atoms with Crippen LogP contribution in [0.4, 0.5) is 0 Å². The van der Waals surface area contributed by atoms with Crippen molar-refractivity contribution in [3.8, 4) is 11.5 Å². The van der Waals surface area contributed by atoms with Crippen LogP contribution in [0.5, 0.6) is 11.5 Å². The average molecular weight is 432 g/mol. The summed E-state index contributed by atoms with van der Waals surface area (Å²) in [6.45, 7) is 7.21. The fourth-order valence-corrected chi connectivity index (χ4v) is 4.75. The minimum Gasteiger partial charge on any atom is -0.493 e. The zero-order valence-corrected chi connectivity index (χ0v) is 19.2. The van der Waals surface area contributed by atoms with Crippen molar-refractivity contribution in [3.05, 3.63) is 95.6 Å². The van der Waals surface area contributed by atoms with E-state index in [1.54, 1.807) is 7.11 Å². The predicted octanol–water partition coefficient (Wildman–Crippen LogP) is 5.26. The first-order chi connectivity index (χ1) is 15.5. The van der Waals surface area contributed by atoms with Gasteiger partial charge in [-0.25, -0.2) is 0 Å². The molecule has 0 aliphatic carbocycles. The number of aliphatic hydroxyl groups is 1. The SMILES string of the molecule is COc1ccc([C@@H]2CN(Cc3ccccc3)C[C@]2(C)[C@@H](C)O)cc1OCc1ccccc1. The molecule has 32 heavy (non-hydrogen) atoms. The lowest BCUT2D eigenvalue weighted by Gasteiger charge is -2.34. The number of benzene rings is 3. The second kappa shape index (κ2) is 9.76. The summed E-state index contributed by atoms with van der Waals surface area (Å²) in [6, 6.07) is 26.9. The van der Waals surface area contributed by atoms with Gasteiger partial charge in [0.05, 0.1) is 13.2 Å². The number of hydrogen-bond acceptors (Lipinski definition) is 4. The van der Waals surface area contributed by atoms with Crippen LogP contribution in [0, 0.1) is 5.41 Å². The summed E-state index contributed by atoms with van der Waals surface area (Å²) in [5.74, 6) is 1.65. The molecule has 0 spiro atoms. The van der Waals surface area contributed by atoms with Crippen LogP contribution >= 0.6 is 0 Å². The molecular weight excluding hydrogens is 398 g/mol. The Morgan fingerprint density at radius 3 is 2.25 bits per heavy atom. The smallest absolute Gasteiger partial charge is 0.161 e. The van der Waals surface area contributed by atoms with Gasteiger partial charge >= 0.3 is 0 Å². The topological polar surface area (TPSA) is 41.9 Å². The molecule has 4 rings (SSSR count). The van der Waals surface area contributed by atoms with Gasteiger partial charge in [0.2, 0.25) is 0 Å². The van der Waals surface area contributed by atoms with Crippen molar-refractivity contribution < 1.29 is 14.6 Å². The maximum absolute atomic E-state index is 10.8. The van der Waals surface area contributed by atoms with E-state index in [0.717, 1.165) is 36.7 Å². The van der Waals surface area contributed by atoms with Gasteiger partial charge in [0.15, 0.2) is 11.5 Å². The summed E-state index contributed by atoms with van der Waals surface area (Å²) in [5.41, 5.74) is 3.33. The molecule has 0 amide bonds. The number of aliphatic hydroxyl groups excluding tert-OH is 1. The van der Waals surface area contributed by atoms with Gasteiger partial charge in [0, 0.05) is 31.0 Å². The van der Waals surface area contributed by atoms with Crippen LogP contribution in [0.1, 0.15) is 36.5 Å². The predicted molar refractivity (Wildman–Crippen MR) is 128 cm³/mol. The van der Waals surface area contributed by atoms with Gasteiger partial charge in [-0.05, 0) is 35.7 Å². The fraction of sp³-hybridized carbons (Fsp3) is 0.357. The van der Waals surface area contributed by atoms with E-state index in [0.29, 0.717) is 6.61 Å². The van der Waals surface area contributed by atoms with E-state index in [1.807, 2.05) is 37.3 Å². The lowest BCUT2D eigenvalue weighted by atomic mass is 9.72. The highest BCUT2D eigenvalue weighted by Gasteiger charge is 2.46. The highest BCUT2D eigenvalue weighted by molar-refractivity contribution is 5.45. The van der Waals surface area contributed by atoms with Gasteiger partial charge in [0.1, 0.15) is 6.61 Å². The van der Waals surface area contributed by atoms with Crippen molar-refractivity contribution in [1.29, 1.82) is 0 Å². The quantitative estimate of drug-likeness (QED) is 0.528. The Balaban J connectivity index is 1.58. The van der Waals surface area contributed by atoms with Gasteiger partial charge < -0.3 is 14.6 Å². The van der Waals surface area contributed by atoms with Crippen molar-refractivity contribution in [2.24, 2.45) is 5.41 Å². The van der Waals surface area contributed by atoms with Gasteiger partial charge in [-0.15, -0.1) is 0 Å². The minimum atomic E-state index is -0.427. The van der Waals surface area contributed by atoms with E-state index in [4.69, 9.17) is 9.47 Å². The number of ether oxygens (including phenoxy) is 2. The Morgan fingerprint density at radius 2 is 1.62 bits per heavy atom. The minimum absolute atomic E-state index is 0.191. The third kappa shape index (κ3) is 4.82. The lowest BCUT2D eigenvalue weighted by molar-refractivity contribution is 0.0474. The third-order valence-electron chi connectivity index (χ3n) is 6.83. The van der Waals surface area contributed by atoms with Crippen molar-refractivity contribution in [3.63, 3.8) is 0 Å². The largest absolute Gasteiger partial charge is 0.493 e. The molecule has 4 heteroatoms. The molecule has 1 N–H and O–H groups in total. The molecule has 1 aliphatic heterocycles. The maximum Gasteiger partial charge on any atom is 0.161 e. The highest BCUT2D eigenvalue weighted by Crippen LogP contribution is 2.47. The van der Waals surface area contributed by atoms with Crippen LogP contribution in [-0.4, -0.2) is 36.3 Å². The Labute approximate surface area is 191 Å². The van der Waals surface area contributed by atoms with Crippen LogP contribution in [-0.2, 0) is 13.2 Å². The number of hydrogen-bond donors (Lipinski definition) is 1. The van der Waals surface area contributed by atoms with Gasteiger partial charge in [-0.2, -0.15) is 0 Å². The zero-order valence-electron chi connectivity index (χ0n) is 19.2. The summed E-state index contributed by atoms with van der Waals surface area (Å²) >= 11 is 0. The van der Waals surface area contributed by atoms with Gasteiger partial charge in [-0.1, -0.05) is 73.7 Å². The molecule has 3 aromatic carbocycles. The van der Waals surface area contributed by atoms with E-state index in [9.17, 15) is 5.11 Å². The number of nitrogens with zero attached hydrogens (tertiary/aromatic N) is 1. The third-order valence-corrected chi connectivity index (χ3v) is 6.83. The summed E-state index contributed by atoms with van der Waals surface area (Å²) in [7, 11) is 1.67. The molecule has 3 aromatic rings. The fourth-order valence-electron chi connectivity index (χ4n) is 4.75. The molecule has 1 aliphatic rings. The highest BCUT2D eigenvalue weighted by atomic mass is 16.5. The summed E-state index contributed by atoms with van der Waals surface area (Å²) < 4.78 is 11.7. The lowest BCUT2D eigenvalue weighted by Crippen LogP contribution is -2.37. The Kier molecular flexibility index (Phi) is 6.83.